The first-order chi connectivity index (χ1) is 9.81. The number of hydrogen-bond donors (Lipinski definition) is 2. The molecular formula is C16H20N2O2. The Kier molecular flexibility index (Phi) is 3.85. The predicted octanol–water partition coefficient (Wildman–Crippen LogP) is 1.94. The average Bonchev–Trinajstić information content (AvgIpc) is 2.94. The molecule has 1 aliphatic rings. The van der Waals surface area contributed by atoms with Crippen LogP contribution in [0.1, 0.15) is 18.4 Å². The molecule has 1 unspecified atom stereocenters. The summed E-state index contributed by atoms with van der Waals surface area (Å²) in [6.45, 7) is 2.12. The van der Waals surface area contributed by atoms with Crippen molar-refractivity contribution >= 4 is 16.7 Å². The maximum atomic E-state index is 9.60. The monoisotopic (exact) mass is 272 g/mol. The Morgan fingerprint density at radius 2 is 2.10 bits per heavy atom. The van der Waals surface area contributed by atoms with Gasteiger partial charge in [-0.3, -0.25) is 0 Å². The van der Waals surface area contributed by atoms with Gasteiger partial charge in [0.2, 0.25) is 0 Å². The number of benzene rings is 1. The number of pyridine rings is 1. The van der Waals surface area contributed by atoms with Gasteiger partial charge in [-0.05, 0) is 30.9 Å². The van der Waals surface area contributed by atoms with Gasteiger partial charge in [0, 0.05) is 30.6 Å². The van der Waals surface area contributed by atoms with Crippen molar-refractivity contribution in [1.29, 1.82) is 0 Å². The van der Waals surface area contributed by atoms with Crippen LogP contribution in [0.15, 0.2) is 30.3 Å². The highest BCUT2D eigenvalue weighted by Crippen LogP contribution is 2.29. The van der Waals surface area contributed by atoms with Gasteiger partial charge in [0.1, 0.15) is 5.82 Å². The third kappa shape index (κ3) is 2.49. The van der Waals surface area contributed by atoms with E-state index in [1.54, 1.807) is 0 Å². The second-order valence-electron chi connectivity index (χ2n) is 5.43. The van der Waals surface area contributed by atoms with Crippen LogP contribution < -0.4 is 4.90 Å². The zero-order chi connectivity index (χ0) is 13.9. The van der Waals surface area contributed by atoms with Crippen LogP contribution in [0.5, 0.6) is 0 Å². The summed E-state index contributed by atoms with van der Waals surface area (Å²) in [7, 11) is 0. The van der Waals surface area contributed by atoms with E-state index >= 15 is 0 Å². The molecule has 3 rings (SSSR count). The minimum atomic E-state index is 0.00827. The van der Waals surface area contributed by atoms with Gasteiger partial charge in [0.05, 0.1) is 12.1 Å². The van der Waals surface area contributed by atoms with Crippen LogP contribution in [0.3, 0.4) is 0 Å². The lowest BCUT2D eigenvalue weighted by Crippen LogP contribution is -2.22. The van der Waals surface area contributed by atoms with Crippen molar-refractivity contribution in [3.63, 3.8) is 0 Å². The summed E-state index contributed by atoms with van der Waals surface area (Å²) in [4.78, 5) is 6.96. The third-order valence-corrected chi connectivity index (χ3v) is 4.07. The summed E-state index contributed by atoms with van der Waals surface area (Å²) < 4.78 is 0. The fourth-order valence-corrected chi connectivity index (χ4v) is 2.98. The van der Waals surface area contributed by atoms with Gasteiger partial charge in [-0.25, -0.2) is 4.98 Å². The van der Waals surface area contributed by atoms with Crippen LogP contribution in [0, 0.1) is 5.92 Å². The lowest BCUT2D eigenvalue weighted by molar-refractivity contribution is 0.263. The zero-order valence-corrected chi connectivity index (χ0v) is 11.5. The number of aliphatic hydroxyl groups excluding tert-OH is 2. The molecule has 1 fully saturated rings. The van der Waals surface area contributed by atoms with Gasteiger partial charge < -0.3 is 15.1 Å². The fourth-order valence-electron chi connectivity index (χ4n) is 2.98. The van der Waals surface area contributed by atoms with Crippen LogP contribution >= 0.6 is 0 Å². The van der Waals surface area contributed by atoms with E-state index in [0.717, 1.165) is 48.2 Å². The molecule has 0 amide bonds. The molecule has 2 heterocycles. The van der Waals surface area contributed by atoms with Crippen LogP contribution in [0.25, 0.3) is 10.9 Å². The average molecular weight is 272 g/mol. The molecule has 4 nitrogen and oxygen atoms in total. The van der Waals surface area contributed by atoms with Gasteiger partial charge in [-0.15, -0.1) is 0 Å². The van der Waals surface area contributed by atoms with Gasteiger partial charge >= 0.3 is 0 Å². The largest absolute Gasteiger partial charge is 0.396 e. The summed E-state index contributed by atoms with van der Waals surface area (Å²) in [5.41, 5.74) is 1.85. The maximum absolute atomic E-state index is 9.60. The second kappa shape index (κ2) is 5.77. The van der Waals surface area contributed by atoms with Crippen molar-refractivity contribution in [2.45, 2.75) is 19.4 Å². The first-order valence-corrected chi connectivity index (χ1v) is 7.17. The smallest absolute Gasteiger partial charge is 0.134 e. The molecule has 1 aromatic heterocycles. The lowest BCUT2D eigenvalue weighted by atomic mass is 10.1. The van der Waals surface area contributed by atoms with Crippen LogP contribution in [-0.4, -0.2) is 34.9 Å². The minimum Gasteiger partial charge on any atom is -0.396 e. The maximum Gasteiger partial charge on any atom is 0.134 e. The van der Waals surface area contributed by atoms with E-state index in [9.17, 15) is 5.11 Å². The number of rotatable bonds is 4. The predicted molar refractivity (Wildman–Crippen MR) is 79.7 cm³/mol. The summed E-state index contributed by atoms with van der Waals surface area (Å²) in [6, 6.07) is 10.0. The molecular weight excluding hydrogens is 252 g/mol. The molecule has 0 aliphatic carbocycles. The number of aliphatic hydroxyl groups is 2. The highest BCUT2D eigenvalue weighted by Gasteiger charge is 2.24. The van der Waals surface area contributed by atoms with Crippen molar-refractivity contribution in [3.05, 3.63) is 35.9 Å². The summed E-state index contributed by atoms with van der Waals surface area (Å²) >= 11 is 0. The number of aromatic nitrogens is 1. The molecule has 1 atom stereocenters. The normalized spacial score (nSPS) is 18.9. The quantitative estimate of drug-likeness (QED) is 0.893. The highest BCUT2D eigenvalue weighted by atomic mass is 16.3. The topological polar surface area (TPSA) is 56.6 Å². The molecule has 0 saturated carbocycles. The van der Waals surface area contributed by atoms with E-state index in [0.29, 0.717) is 5.92 Å². The summed E-state index contributed by atoms with van der Waals surface area (Å²) in [5.74, 6) is 1.42. The lowest BCUT2D eigenvalue weighted by Gasteiger charge is -2.21. The van der Waals surface area contributed by atoms with Crippen LogP contribution in [-0.2, 0) is 6.61 Å². The van der Waals surface area contributed by atoms with Gasteiger partial charge in [-0.1, -0.05) is 18.2 Å². The van der Waals surface area contributed by atoms with Gasteiger partial charge in [0.15, 0.2) is 0 Å². The van der Waals surface area contributed by atoms with Crippen molar-refractivity contribution in [3.8, 4) is 0 Å². The second-order valence-corrected chi connectivity index (χ2v) is 5.43. The summed E-state index contributed by atoms with van der Waals surface area (Å²) in [6.07, 6.45) is 1.93. The molecule has 106 valence electrons. The van der Waals surface area contributed by atoms with E-state index in [4.69, 9.17) is 10.1 Å². The Morgan fingerprint density at radius 1 is 1.25 bits per heavy atom. The van der Waals surface area contributed by atoms with E-state index < -0.39 is 0 Å². The fraction of sp³-hybridized carbons (Fsp3) is 0.438. The highest BCUT2D eigenvalue weighted by molar-refractivity contribution is 5.81. The Labute approximate surface area is 118 Å². The number of anilines is 1. The SMILES string of the molecule is OCCC1CCN(c2nc3ccccc3cc2CO)C1. The molecule has 2 aromatic rings. The van der Waals surface area contributed by atoms with Crippen LogP contribution in [0.2, 0.25) is 0 Å². The van der Waals surface area contributed by atoms with E-state index in [2.05, 4.69) is 4.90 Å². The number of fused-ring (bicyclic) bond motifs is 1. The zero-order valence-electron chi connectivity index (χ0n) is 11.5. The first-order valence-electron chi connectivity index (χ1n) is 7.17. The van der Waals surface area contributed by atoms with E-state index in [1.807, 2.05) is 30.3 Å². The third-order valence-electron chi connectivity index (χ3n) is 4.07. The van der Waals surface area contributed by atoms with Crippen molar-refractivity contribution in [1.82, 2.24) is 4.98 Å². The van der Waals surface area contributed by atoms with Crippen molar-refractivity contribution < 1.29 is 10.2 Å². The van der Waals surface area contributed by atoms with Crippen molar-refractivity contribution in [2.75, 3.05) is 24.6 Å². The van der Waals surface area contributed by atoms with Crippen LogP contribution in [0.4, 0.5) is 5.82 Å². The minimum absolute atomic E-state index is 0.00827. The van der Waals surface area contributed by atoms with Gasteiger partial charge in [0.25, 0.3) is 0 Å². The number of hydrogen-bond acceptors (Lipinski definition) is 4. The number of para-hydroxylation sites is 1. The molecule has 0 spiro atoms. The molecule has 0 radical (unpaired) electrons. The Hall–Kier alpha value is -1.65. The van der Waals surface area contributed by atoms with E-state index in [-0.39, 0.29) is 13.2 Å². The molecule has 0 bridgehead atoms. The number of nitrogens with zero attached hydrogens (tertiary/aromatic N) is 2. The Bertz CT molecular complexity index is 600. The molecule has 1 aliphatic heterocycles. The Balaban J connectivity index is 1.94. The molecule has 1 aromatic carbocycles. The van der Waals surface area contributed by atoms with Crippen molar-refractivity contribution in [2.24, 2.45) is 5.92 Å². The van der Waals surface area contributed by atoms with Gasteiger partial charge in [-0.2, -0.15) is 0 Å². The molecule has 1 saturated heterocycles. The first kappa shape index (κ1) is 13.3. The Morgan fingerprint density at radius 3 is 2.90 bits per heavy atom. The molecule has 4 heteroatoms. The molecule has 20 heavy (non-hydrogen) atoms. The standard InChI is InChI=1S/C16H20N2O2/c19-8-6-12-5-7-18(10-12)16-14(11-20)9-13-3-1-2-4-15(13)17-16/h1-4,9,12,19-20H,5-8,10-11H2. The van der Waals surface area contributed by atoms with E-state index in [1.165, 1.54) is 0 Å². The molecule has 2 N–H and O–H groups in total. The summed E-state index contributed by atoms with van der Waals surface area (Å²) in [5, 5.41) is 19.7.